The Morgan fingerprint density at radius 1 is 1.17 bits per heavy atom. The molecule has 0 aliphatic carbocycles. The van der Waals surface area contributed by atoms with E-state index in [1.807, 2.05) is 24.3 Å². The van der Waals surface area contributed by atoms with Gasteiger partial charge >= 0.3 is 0 Å². The largest absolute Gasteiger partial charge is 0.350 e. The molecular formula is C18H21BrN2OS. The van der Waals surface area contributed by atoms with E-state index >= 15 is 0 Å². The first-order valence-electron chi connectivity index (χ1n) is 8.06. The molecule has 2 aromatic rings. The number of carbonyl (C=O) groups is 1. The van der Waals surface area contributed by atoms with Crippen LogP contribution in [0.15, 0.2) is 46.3 Å². The third kappa shape index (κ3) is 4.22. The molecule has 0 saturated carbocycles. The van der Waals surface area contributed by atoms with Crippen LogP contribution in [0.3, 0.4) is 0 Å². The smallest absolute Gasteiger partial charge is 0.252 e. The highest BCUT2D eigenvalue weighted by atomic mass is 79.9. The minimum Gasteiger partial charge on any atom is -0.350 e. The molecule has 1 aliphatic heterocycles. The van der Waals surface area contributed by atoms with Crippen LogP contribution < -0.4 is 5.32 Å². The van der Waals surface area contributed by atoms with Crippen molar-refractivity contribution < 1.29 is 4.79 Å². The Kier molecular flexibility index (Phi) is 5.86. The van der Waals surface area contributed by atoms with Gasteiger partial charge < -0.3 is 5.32 Å². The Morgan fingerprint density at radius 2 is 1.96 bits per heavy atom. The normalized spacial score (nSPS) is 16.9. The molecular weight excluding hydrogens is 372 g/mol. The monoisotopic (exact) mass is 392 g/mol. The lowest BCUT2D eigenvalue weighted by molar-refractivity contribution is 0.0925. The number of benzene rings is 1. The van der Waals surface area contributed by atoms with Crippen LogP contribution in [-0.4, -0.2) is 30.4 Å². The average molecular weight is 393 g/mol. The second-order valence-corrected chi connectivity index (χ2v) is 7.65. The highest BCUT2D eigenvalue weighted by Gasteiger charge is 2.24. The standard InChI is InChI=1S/C18H21BrN2OS/c19-15-8-3-2-7-14(15)18(22)20-13-16(17-9-6-12-23-17)21-10-4-1-5-11-21/h2-3,6-9,12,16H,1,4-5,10-11,13H2,(H,20,22)/t16-/m1/s1. The molecule has 122 valence electrons. The molecule has 1 aliphatic rings. The molecule has 3 rings (SSSR count). The summed E-state index contributed by atoms with van der Waals surface area (Å²) >= 11 is 5.22. The van der Waals surface area contributed by atoms with Crippen molar-refractivity contribution in [2.24, 2.45) is 0 Å². The highest BCUT2D eigenvalue weighted by molar-refractivity contribution is 9.10. The Hall–Kier alpha value is -1.17. The molecule has 1 N–H and O–H groups in total. The summed E-state index contributed by atoms with van der Waals surface area (Å²) in [5.74, 6) is -0.0176. The van der Waals surface area contributed by atoms with E-state index in [0.717, 1.165) is 17.6 Å². The van der Waals surface area contributed by atoms with Gasteiger partial charge in [0, 0.05) is 15.9 Å². The van der Waals surface area contributed by atoms with E-state index in [1.54, 1.807) is 11.3 Å². The van der Waals surface area contributed by atoms with E-state index in [9.17, 15) is 4.79 Å². The van der Waals surface area contributed by atoms with E-state index in [-0.39, 0.29) is 11.9 Å². The van der Waals surface area contributed by atoms with Gasteiger partial charge in [-0.3, -0.25) is 9.69 Å². The van der Waals surface area contributed by atoms with Gasteiger partial charge in [-0.05, 0) is 65.4 Å². The molecule has 0 spiro atoms. The van der Waals surface area contributed by atoms with Crippen molar-refractivity contribution in [3.05, 3.63) is 56.7 Å². The number of piperidine rings is 1. The first-order chi connectivity index (χ1) is 11.3. The van der Waals surface area contributed by atoms with E-state index in [2.05, 4.69) is 43.7 Å². The zero-order valence-corrected chi connectivity index (χ0v) is 15.4. The van der Waals surface area contributed by atoms with Crippen molar-refractivity contribution in [1.29, 1.82) is 0 Å². The van der Waals surface area contributed by atoms with Crippen molar-refractivity contribution in [3.8, 4) is 0 Å². The molecule has 1 amide bonds. The molecule has 0 unspecified atom stereocenters. The van der Waals surface area contributed by atoms with Gasteiger partial charge in [0.15, 0.2) is 0 Å². The number of rotatable bonds is 5. The first-order valence-corrected chi connectivity index (χ1v) is 9.73. The predicted octanol–water partition coefficient (Wildman–Crippen LogP) is 4.47. The molecule has 1 aromatic heterocycles. The lowest BCUT2D eigenvalue weighted by atomic mass is 10.1. The maximum absolute atomic E-state index is 12.5. The second kappa shape index (κ2) is 8.08. The Labute approximate surface area is 149 Å². The van der Waals surface area contributed by atoms with Gasteiger partial charge in [-0.15, -0.1) is 11.3 Å². The third-order valence-corrected chi connectivity index (χ3v) is 5.94. The quantitative estimate of drug-likeness (QED) is 0.813. The zero-order valence-electron chi connectivity index (χ0n) is 13.0. The summed E-state index contributed by atoms with van der Waals surface area (Å²) in [4.78, 5) is 16.3. The summed E-state index contributed by atoms with van der Waals surface area (Å²) < 4.78 is 0.836. The topological polar surface area (TPSA) is 32.3 Å². The SMILES string of the molecule is O=C(NC[C@H](c1cccs1)N1CCCCC1)c1ccccc1Br. The van der Waals surface area contributed by atoms with E-state index in [0.29, 0.717) is 12.1 Å². The Balaban J connectivity index is 1.69. The first kappa shape index (κ1) is 16.7. The van der Waals surface area contributed by atoms with Crippen LogP contribution in [0.2, 0.25) is 0 Å². The zero-order chi connectivity index (χ0) is 16.1. The molecule has 0 radical (unpaired) electrons. The van der Waals surface area contributed by atoms with Gasteiger partial charge in [0.05, 0.1) is 11.6 Å². The van der Waals surface area contributed by atoms with Gasteiger partial charge in [-0.2, -0.15) is 0 Å². The number of amides is 1. The number of carbonyl (C=O) groups excluding carboxylic acids is 1. The fraction of sp³-hybridized carbons (Fsp3) is 0.389. The minimum atomic E-state index is -0.0176. The maximum atomic E-state index is 12.5. The van der Waals surface area contributed by atoms with Crippen molar-refractivity contribution in [2.45, 2.75) is 25.3 Å². The van der Waals surface area contributed by atoms with Gasteiger partial charge in [0.2, 0.25) is 0 Å². The molecule has 3 nitrogen and oxygen atoms in total. The Bertz CT molecular complexity index is 638. The predicted molar refractivity (Wildman–Crippen MR) is 99.0 cm³/mol. The van der Waals surface area contributed by atoms with Crippen LogP contribution in [0.25, 0.3) is 0 Å². The summed E-state index contributed by atoms with van der Waals surface area (Å²) in [6.45, 7) is 2.89. The Morgan fingerprint density at radius 3 is 2.65 bits per heavy atom. The average Bonchev–Trinajstić information content (AvgIpc) is 3.10. The van der Waals surface area contributed by atoms with Crippen LogP contribution in [-0.2, 0) is 0 Å². The number of nitrogens with one attached hydrogen (secondary N) is 1. The summed E-state index contributed by atoms with van der Waals surface area (Å²) in [6, 6.07) is 12.1. The summed E-state index contributed by atoms with van der Waals surface area (Å²) in [6.07, 6.45) is 3.82. The van der Waals surface area contributed by atoms with Gasteiger partial charge in [0.25, 0.3) is 5.91 Å². The number of hydrogen-bond donors (Lipinski definition) is 1. The minimum absolute atomic E-state index is 0.0176. The molecule has 1 saturated heterocycles. The summed E-state index contributed by atoms with van der Waals surface area (Å²) in [5, 5.41) is 5.23. The molecule has 5 heteroatoms. The maximum Gasteiger partial charge on any atom is 0.252 e. The van der Waals surface area contributed by atoms with Gasteiger partial charge in [0.1, 0.15) is 0 Å². The lowest BCUT2D eigenvalue weighted by Crippen LogP contribution is -2.40. The van der Waals surface area contributed by atoms with Crippen molar-refractivity contribution >= 4 is 33.2 Å². The summed E-state index contributed by atoms with van der Waals surface area (Å²) in [5.41, 5.74) is 0.691. The third-order valence-electron chi connectivity index (χ3n) is 4.28. The second-order valence-electron chi connectivity index (χ2n) is 5.82. The number of likely N-dealkylation sites (tertiary alicyclic amines) is 1. The van der Waals surface area contributed by atoms with Crippen LogP contribution >= 0.6 is 27.3 Å². The fourth-order valence-corrected chi connectivity index (χ4v) is 4.38. The number of hydrogen-bond acceptors (Lipinski definition) is 3. The number of halogens is 1. The molecule has 0 bridgehead atoms. The van der Waals surface area contributed by atoms with Crippen molar-refractivity contribution in [3.63, 3.8) is 0 Å². The molecule has 1 atom stereocenters. The van der Waals surface area contributed by atoms with Crippen LogP contribution in [0, 0.1) is 0 Å². The molecule has 2 heterocycles. The van der Waals surface area contributed by atoms with E-state index in [4.69, 9.17) is 0 Å². The fourth-order valence-electron chi connectivity index (χ4n) is 3.05. The number of thiophene rings is 1. The summed E-state index contributed by atoms with van der Waals surface area (Å²) in [7, 11) is 0. The van der Waals surface area contributed by atoms with Crippen LogP contribution in [0.5, 0.6) is 0 Å². The lowest BCUT2D eigenvalue weighted by Gasteiger charge is -2.34. The number of nitrogens with zero attached hydrogens (tertiary/aromatic N) is 1. The highest BCUT2D eigenvalue weighted by Crippen LogP contribution is 2.27. The van der Waals surface area contributed by atoms with Gasteiger partial charge in [-0.25, -0.2) is 0 Å². The van der Waals surface area contributed by atoms with E-state index < -0.39 is 0 Å². The van der Waals surface area contributed by atoms with Crippen LogP contribution in [0.4, 0.5) is 0 Å². The molecule has 1 fully saturated rings. The molecule has 1 aromatic carbocycles. The van der Waals surface area contributed by atoms with Crippen LogP contribution in [0.1, 0.15) is 40.5 Å². The van der Waals surface area contributed by atoms with Crippen molar-refractivity contribution in [1.82, 2.24) is 10.2 Å². The van der Waals surface area contributed by atoms with Gasteiger partial charge in [-0.1, -0.05) is 24.6 Å². The van der Waals surface area contributed by atoms with Crippen molar-refractivity contribution in [2.75, 3.05) is 19.6 Å². The molecule has 23 heavy (non-hydrogen) atoms. The van der Waals surface area contributed by atoms with E-state index in [1.165, 1.54) is 24.1 Å².